The summed E-state index contributed by atoms with van der Waals surface area (Å²) < 4.78 is 5.94. The normalized spacial score (nSPS) is 24.6. The van der Waals surface area contributed by atoms with Gasteiger partial charge in [-0.05, 0) is 26.2 Å². The molecule has 0 aromatic heterocycles. The Kier molecular flexibility index (Phi) is 4.48. The first-order chi connectivity index (χ1) is 10.2. The third-order valence-electron chi connectivity index (χ3n) is 4.79. The molecule has 0 saturated carbocycles. The van der Waals surface area contributed by atoms with Crippen LogP contribution in [0, 0.1) is 0 Å². The molecule has 0 spiro atoms. The molecule has 21 heavy (non-hydrogen) atoms. The molecular weight excluding hydrogens is 262 g/mol. The number of likely N-dealkylation sites (N-methyl/N-ethyl adjacent to an activating group) is 3. The number of nitrogens with zero attached hydrogens (tertiary/aromatic N) is 2. The van der Waals surface area contributed by atoms with E-state index in [1.165, 1.54) is 11.1 Å². The minimum Gasteiger partial charge on any atom is -0.493 e. The van der Waals surface area contributed by atoms with E-state index < -0.39 is 0 Å². The van der Waals surface area contributed by atoms with Crippen LogP contribution in [0.2, 0.25) is 0 Å². The Morgan fingerprint density at radius 3 is 3.00 bits per heavy atom. The molecule has 1 fully saturated rings. The van der Waals surface area contributed by atoms with E-state index in [-0.39, 0.29) is 0 Å². The summed E-state index contributed by atoms with van der Waals surface area (Å²) in [7, 11) is 4.46. The quantitative estimate of drug-likeness (QED) is 0.909. The van der Waals surface area contributed by atoms with Gasteiger partial charge in [0.25, 0.3) is 0 Å². The second-order valence-electron chi connectivity index (χ2n) is 6.28. The lowest BCUT2D eigenvalue weighted by molar-refractivity contribution is 0.0873. The number of nitrogens with one attached hydrogen (secondary N) is 1. The molecule has 116 valence electrons. The Labute approximate surface area is 128 Å². The van der Waals surface area contributed by atoms with E-state index in [1.54, 1.807) is 0 Å². The van der Waals surface area contributed by atoms with Gasteiger partial charge in [-0.1, -0.05) is 25.1 Å². The van der Waals surface area contributed by atoms with Crippen LogP contribution >= 0.6 is 0 Å². The van der Waals surface area contributed by atoms with Crippen LogP contribution in [0.15, 0.2) is 18.2 Å². The highest BCUT2D eigenvalue weighted by Gasteiger charge is 2.33. The number of para-hydroxylation sites is 1. The van der Waals surface area contributed by atoms with Crippen LogP contribution in [0.3, 0.4) is 0 Å². The predicted octanol–water partition coefficient (Wildman–Crippen LogP) is 1.52. The van der Waals surface area contributed by atoms with Gasteiger partial charge in [-0.25, -0.2) is 0 Å². The molecule has 2 atom stereocenters. The van der Waals surface area contributed by atoms with Crippen molar-refractivity contribution in [2.24, 2.45) is 0 Å². The lowest BCUT2D eigenvalue weighted by Gasteiger charge is -2.42. The van der Waals surface area contributed by atoms with Gasteiger partial charge < -0.3 is 15.0 Å². The number of fused-ring (bicyclic) bond motifs is 1. The molecule has 0 amide bonds. The minimum atomic E-state index is 0.329. The highest BCUT2D eigenvalue weighted by atomic mass is 16.5. The Bertz CT molecular complexity index is 491. The number of piperazine rings is 1. The zero-order chi connectivity index (χ0) is 14.8. The molecule has 1 aromatic carbocycles. The average molecular weight is 289 g/mol. The van der Waals surface area contributed by atoms with Gasteiger partial charge in [0, 0.05) is 37.7 Å². The van der Waals surface area contributed by atoms with Crippen molar-refractivity contribution >= 4 is 0 Å². The second-order valence-corrected chi connectivity index (χ2v) is 6.28. The largest absolute Gasteiger partial charge is 0.493 e. The summed E-state index contributed by atoms with van der Waals surface area (Å²) in [5.74, 6) is 1.13. The third kappa shape index (κ3) is 2.93. The smallest absolute Gasteiger partial charge is 0.127 e. The molecule has 2 unspecified atom stereocenters. The van der Waals surface area contributed by atoms with E-state index in [0.717, 1.165) is 45.0 Å². The van der Waals surface area contributed by atoms with E-state index in [4.69, 9.17) is 4.74 Å². The zero-order valence-corrected chi connectivity index (χ0v) is 13.4. The summed E-state index contributed by atoms with van der Waals surface area (Å²) in [6.07, 6.45) is 1.04. The fraction of sp³-hybridized carbons (Fsp3) is 0.647. The maximum atomic E-state index is 5.94. The van der Waals surface area contributed by atoms with Crippen molar-refractivity contribution in [1.82, 2.24) is 15.1 Å². The Balaban J connectivity index is 1.92. The SMILES string of the molecule is CCNC(c1cccc2c1OCC2)C1CN(C)CCN1C. The number of benzene rings is 1. The molecule has 0 bridgehead atoms. The molecule has 2 heterocycles. The second kappa shape index (κ2) is 6.34. The Morgan fingerprint density at radius 2 is 2.19 bits per heavy atom. The van der Waals surface area contributed by atoms with Crippen LogP contribution in [-0.4, -0.2) is 62.7 Å². The molecule has 1 N–H and O–H groups in total. The van der Waals surface area contributed by atoms with E-state index in [2.05, 4.69) is 54.3 Å². The van der Waals surface area contributed by atoms with E-state index in [0.29, 0.717) is 12.1 Å². The molecule has 1 saturated heterocycles. The summed E-state index contributed by atoms with van der Waals surface area (Å²) in [4.78, 5) is 4.92. The van der Waals surface area contributed by atoms with Gasteiger partial charge >= 0.3 is 0 Å². The maximum Gasteiger partial charge on any atom is 0.127 e. The lowest BCUT2D eigenvalue weighted by atomic mass is 9.93. The van der Waals surface area contributed by atoms with Gasteiger partial charge in [-0.15, -0.1) is 0 Å². The van der Waals surface area contributed by atoms with Gasteiger partial charge in [-0.3, -0.25) is 4.90 Å². The van der Waals surface area contributed by atoms with Gasteiger partial charge in [-0.2, -0.15) is 0 Å². The molecule has 2 aliphatic rings. The van der Waals surface area contributed by atoms with Crippen molar-refractivity contribution in [2.45, 2.75) is 25.4 Å². The predicted molar refractivity (Wildman–Crippen MR) is 86.0 cm³/mol. The van der Waals surface area contributed by atoms with Gasteiger partial charge in [0.05, 0.1) is 12.6 Å². The molecular formula is C17H27N3O. The first-order valence-electron chi connectivity index (χ1n) is 8.07. The van der Waals surface area contributed by atoms with Crippen molar-refractivity contribution in [3.05, 3.63) is 29.3 Å². The fourth-order valence-electron chi connectivity index (χ4n) is 3.56. The average Bonchev–Trinajstić information content (AvgIpc) is 2.96. The van der Waals surface area contributed by atoms with E-state index in [1.807, 2.05) is 0 Å². The van der Waals surface area contributed by atoms with Crippen LogP contribution in [0.25, 0.3) is 0 Å². The van der Waals surface area contributed by atoms with Gasteiger partial charge in [0.1, 0.15) is 5.75 Å². The van der Waals surface area contributed by atoms with E-state index in [9.17, 15) is 0 Å². The first kappa shape index (κ1) is 14.8. The standard InChI is InChI=1S/C17H27N3O/c1-4-18-16(15-12-19(2)9-10-20(15)3)14-7-5-6-13-8-11-21-17(13)14/h5-7,15-16,18H,4,8-12H2,1-3H3. The van der Waals surface area contributed by atoms with Gasteiger partial charge in [0.2, 0.25) is 0 Å². The molecule has 0 radical (unpaired) electrons. The summed E-state index contributed by atoms with van der Waals surface area (Å²) in [5.41, 5.74) is 2.70. The van der Waals surface area contributed by atoms with Crippen LogP contribution in [0.5, 0.6) is 5.75 Å². The number of rotatable bonds is 4. The van der Waals surface area contributed by atoms with E-state index >= 15 is 0 Å². The van der Waals surface area contributed by atoms with Crippen molar-refractivity contribution in [3.63, 3.8) is 0 Å². The Morgan fingerprint density at radius 1 is 1.33 bits per heavy atom. The van der Waals surface area contributed by atoms with Crippen LogP contribution < -0.4 is 10.1 Å². The topological polar surface area (TPSA) is 27.7 Å². The number of hydrogen-bond acceptors (Lipinski definition) is 4. The minimum absolute atomic E-state index is 0.329. The summed E-state index contributed by atoms with van der Waals surface area (Å²) >= 11 is 0. The van der Waals surface area contributed by atoms with Crippen molar-refractivity contribution < 1.29 is 4.74 Å². The summed E-state index contributed by atoms with van der Waals surface area (Å²) in [5, 5.41) is 3.70. The van der Waals surface area contributed by atoms with Crippen LogP contribution in [-0.2, 0) is 6.42 Å². The monoisotopic (exact) mass is 289 g/mol. The van der Waals surface area contributed by atoms with Gasteiger partial charge in [0.15, 0.2) is 0 Å². The van der Waals surface area contributed by atoms with Crippen molar-refractivity contribution in [2.75, 3.05) is 46.9 Å². The van der Waals surface area contributed by atoms with Crippen LogP contribution in [0.1, 0.15) is 24.1 Å². The molecule has 4 nitrogen and oxygen atoms in total. The summed E-state index contributed by atoms with van der Waals surface area (Å²) in [6.45, 7) is 7.35. The number of ether oxygens (including phenoxy) is 1. The molecule has 0 aliphatic carbocycles. The first-order valence-corrected chi connectivity index (χ1v) is 8.07. The Hall–Kier alpha value is -1.10. The number of hydrogen-bond donors (Lipinski definition) is 1. The summed E-state index contributed by atoms with van der Waals surface area (Å²) in [6, 6.07) is 7.43. The van der Waals surface area contributed by atoms with Crippen LogP contribution in [0.4, 0.5) is 0 Å². The lowest BCUT2D eigenvalue weighted by Crippen LogP contribution is -2.55. The molecule has 1 aromatic rings. The van der Waals surface area contributed by atoms with Crippen molar-refractivity contribution in [3.8, 4) is 5.75 Å². The molecule has 3 rings (SSSR count). The molecule has 4 heteroatoms. The maximum absolute atomic E-state index is 5.94. The van der Waals surface area contributed by atoms with Crippen molar-refractivity contribution in [1.29, 1.82) is 0 Å². The molecule has 2 aliphatic heterocycles. The highest BCUT2D eigenvalue weighted by Crippen LogP contribution is 2.36. The third-order valence-corrected chi connectivity index (χ3v) is 4.79. The highest BCUT2D eigenvalue weighted by molar-refractivity contribution is 5.46. The fourth-order valence-corrected chi connectivity index (χ4v) is 3.56. The zero-order valence-electron chi connectivity index (χ0n) is 13.4.